The van der Waals surface area contributed by atoms with Crippen LogP contribution in [0.5, 0.6) is 0 Å². The molecular weight excluding hydrogens is 456 g/mol. The van der Waals surface area contributed by atoms with Crippen LogP contribution in [0.25, 0.3) is 0 Å². The third-order valence-electron chi connectivity index (χ3n) is 6.52. The molecule has 0 unspecified atom stereocenters. The zero-order valence-electron chi connectivity index (χ0n) is 23.3. The van der Waals surface area contributed by atoms with Crippen LogP contribution >= 0.6 is 0 Å². The van der Waals surface area contributed by atoms with E-state index >= 15 is 0 Å². The van der Waals surface area contributed by atoms with Gasteiger partial charge in [-0.2, -0.15) is 0 Å². The third kappa shape index (κ3) is 8.89. The average molecular weight is 499 g/mol. The van der Waals surface area contributed by atoms with E-state index in [-0.39, 0.29) is 11.8 Å². The number of hydrogen-bond acceptors (Lipinski definition) is 2. The molecule has 0 fully saturated rings. The minimum Gasteiger partial charge on any atom is -0.350 e. The van der Waals surface area contributed by atoms with Gasteiger partial charge in [0.15, 0.2) is 0 Å². The molecule has 0 radical (unpaired) electrons. The first-order valence-corrected chi connectivity index (χ1v) is 13.3. The van der Waals surface area contributed by atoms with E-state index in [1.54, 1.807) is 4.90 Å². The van der Waals surface area contributed by atoms with Gasteiger partial charge < -0.3 is 10.2 Å². The van der Waals surface area contributed by atoms with Crippen molar-refractivity contribution < 1.29 is 9.59 Å². The van der Waals surface area contributed by atoms with E-state index in [4.69, 9.17) is 0 Å². The number of nitrogens with one attached hydrogen (secondary N) is 1. The van der Waals surface area contributed by atoms with Crippen LogP contribution in [0.2, 0.25) is 0 Å². The summed E-state index contributed by atoms with van der Waals surface area (Å²) in [6, 6.07) is 26.0. The molecule has 2 amide bonds. The van der Waals surface area contributed by atoms with Gasteiger partial charge in [-0.05, 0) is 62.3 Å². The molecular formula is C33H42N2O2. The molecule has 0 aliphatic heterocycles. The first kappa shape index (κ1) is 28.2. The molecule has 4 heteroatoms. The smallest absolute Gasteiger partial charge is 0.243 e. The highest BCUT2D eigenvalue weighted by molar-refractivity contribution is 5.88. The number of rotatable bonds is 10. The minimum absolute atomic E-state index is 0.0153. The van der Waals surface area contributed by atoms with Crippen molar-refractivity contribution in [3.63, 3.8) is 0 Å². The number of amides is 2. The van der Waals surface area contributed by atoms with E-state index in [2.05, 4.69) is 55.6 Å². The number of benzene rings is 3. The highest BCUT2D eigenvalue weighted by Gasteiger charge is 2.32. The zero-order chi connectivity index (χ0) is 27.0. The average Bonchev–Trinajstić information content (AvgIpc) is 2.85. The third-order valence-corrected chi connectivity index (χ3v) is 6.52. The van der Waals surface area contributed by atoms with Crippen LogP contribution in [0, 0.1) is 6.92 Å². The molecule has 0 bridgehead atoms. The fourth-order valence-electron chi connectivity index (χ4n) is 4.36. The standard InChI is InChI=1S/C33H42N2O2/c1-24(2)29-19-16-26(17-20-29)18-21-31(36)35(23-28-14-12-25(3)13-15-28)30(32(37)34-33(4,5)6)22-27-10-8-7-9-11-27/h7-17,19-20,24,30H,18,21-23H2,1-6H3,(H,34,37)/t30-/m0/s1. The summed E-state index contributed by atoms with van der Waals surface area (Å²) in [4.78, 5) is 29.2. The van der Waals surface area contributed by atoms with Crippen LogP contribution in [0.1, 0.15) is 74.8 Å². The van der Waals surface area contributed by atoms with Crippen molar-refractivity contribution in [3.05, 3.63) is 107 Å². The highest BCUT2D eigenvalue weighted by Crippen LogP contribution is 2.19. The Hall–Kier alpha value is -3.40. The number of hydrogen-bond donors (Lipinski definition) is 1. The Morgan fingerprint density at radius 1 is 0.811 bits per heavy atom. The van der Waals surface area contributed by atoms with Crippen molar-refractivity contribution in [1.82, 2.24) is 10.2 Å². The van der Waals surface area contributed by atoms with Gasteiger partial charge in [-0.25, -0.2) is 0 Å². The van der Waals surface area contributed by atoms with E-state index in [0.717, 1.165) is 22.3 Å². The van der Waals surface area contributed by atoms with Crippen molar-refractivity contribution in [3.8, 4) is 0 Å². The van der Waals surface area contributed by atoms with Crippen molar-refractivity contribution in [2.24, 2.45) is 0 Å². The van der Waals surface area contributed by atoms with Gasteiger partial charge in [-0.3, -0.25) is 9.59 Å². The second-order valence-corrected chi connectivity index (χ2v) is 11.3. The van der Waals surface area contributed by atoms with Crippen molar-refractivity contribution in [2.45, 2.75) is 84.8 Å². The molecule has 0 heterocycles. The molecule has 37 heavy (non-hydrogen) atoms. The molecule has 0 spiro atoms. The van der Waals surface area contributed by atoms with Crippen LogP contribution < -0.4 is 5.32 Å². The van der Waals surface area contributed by atoms with Crippen LogP contribution in [0.15, 0.2) is 78.9 Å². The molecule has 0 aromatic heterocycles. The summed E-state index contributed by atoms with van der Waals surface area (Å²) in [5, 5.41) is 3.13. The summed E-state index contributed by atoms with van der Waals surface area (Å²) >= 11 is 0. The van der Waals surface area contributed by atoms with Crippen molar-refractivity contribution in [2.75, 3.05) is 0 Å². The summed E-state index contributed by atoms with van der Waals surface area (Å²) in [6.07, 6.45) is 1.45. The molecule has 0 aliphatic carbocycles. The molecule has 0 aliphatic rings. The highest BCUT2D eigenvalue weighted by atomic mass is 16.2. The molecule has 196 valence electrons. The van der Waals surface area contributed by atoms with E-state index in [1.165, 1.54) is 5.56 Å². The number of aryl methyl sites for hydroxylation is 2. The van der Waals surface area contributed by atoms with E-state index in [1.807, 2.05) is 70.2 Å². The Balaban J connectivity index is 1.89. The lowest BCUT2D eigenvalue weighted by atomic mass is 9.98. The monoisotopic (exact) mass is 498 g/mol. The first-order valence-electron chi connectivity index (χ1n) is 13.3. The molecule has 3 aromatic rings. The predicted molar refractivity (Wildman–Crippen MR) is 152 cm³/mol. The summed E-state index contributed by atoms with van der Waals surface area (Å²) in [5.41, 5.74) is 5.23. The molecule has 1 atom stereocenters. The van der Waals surface area contributed by atoms with Gasteiger partial charge in [0.05, 0.1) is 0 Å². The summed E-state index contributed by atoms with van der Waals surface area (Å²) in [6.45, 7) is 12.7. The lowest BCUT2D eigenvalue weighted by molar-refractivity contribution is -0.141. The Morgan fingerprint density at radius 3 is 1.97 bits per heavy atom. The fraction of sp³-hybridized carbons (Fsp3) is 0.394. The van der Waals surface area contributed by atoms with Crippen LogP contribution in [-0.4, -0.2) is 28.3 Å². The first-order chi connectivity index (χ1) is 17.5. The summed E-state index contributed by atoms with van der Waals surface area (Å²) < 4.78 is 0. The van der Waals surface area contributed by atoms with Gasteiger partial charge in [0.1, 0.15) is 6.04 Å². The van der Waals surface area contributed by atoms with Gasteiger partial charge in [-0.15, -0.1) is 0 Å². The zero-order valence-corrected chi connectivity index (χ0v) is 23.3. The normalized spacial score (nSPS) is 12.3. The largest absolute Gasteiger partial charge is 0.350 e. The Morgan fingerprint density at radius 2 is 1.41 bits per heavy atom. The lowest BCUT2D eigenvalue weighted by Crippen LogP contribution is -2.54. The van der Waals surface area contributed by atoms with E-state index in [9.17, 15) is 9.59 Å². The molecule has 3 aromatic carbocycles. The topological polar surface area (TPSA) is 49.4 Å². The van der Waals surface area contributed by atoms with Gasteiger partial charge in [-0.1, -0.05) is 98.3 Å². The number of nitrogens with zero attached hydrogens (tertiary/aromatic N) is 1. The molecule has 3 rings (SSSR count). The Kier molecular flexibility index (Phi) is 9.68. The summed E-state index contributed by atoms with van der Waals surface area (Å²) in [7, 11) is 0. The van der Waals surface area contributed by atoms with E-state index in [0.29, 0.717) is 31.7 Å². The van der Waals surface area contributed by atoms with Gasteiger partial charge in [0.25, 0.3) is 0 Å². The Bertz CT molecular complexity index is 1140. The van der Waals surface area contributed by atoms with Crippen molar-refractivity contribution in [1.29, 1.82) is 0 Å². The van der Waals surface area contributed by atoms with E-state index < -0.39 is 11.6 Å². The SMILES string of the molecule is Cc1ccc(CN(C(=O)CCc2ccc(C(C)C)cc2)[C@@H](Cc2ccccc2)C(=O)NC(C)(C)C)cc1. The Labute approximate surface area is 223 Å². The fourth-order valence-corrected chi connectivity index (χ4v) is 4.36. The maximum absolute atomic E-state index is 13.8. The lowest BCUT2D eigenvalue weighted by Gasteiger charge is -2.34. The quantitative estimate of drug-likeness (QED) is 0.342. The molecule has 0 saturated heterocycles. The molecule has 1 N–H and O–H groups in total. The van der Waals surface area contributed by atoms with Gasteiger partial charge >= 0.3 is 0 Å². The maximum atomic E-state index is 13.8. The van der Waals surface area contributed by atoms with Crippen LogP contribution in [0.3, 0.4) is 0 Å². The second kappa shape index (κ2) is 12.7. The van der Waals surface area contributed by atoms with Crippen LogP contribution in [0.4, 0.5) is 0 Å². The molecule has 0 saturated carbocycles. The number of carbonyl (C=O) groups excluding carboxylic acids is 2. The van der Waals surface area contributed by atoms with Crippen LogP contribution in [-0.2, 0) is 29.0 Å². The molecule has 4 nitrogen and oxygen atoms in total. The maximum Gasteiger partial charge on any atom is 0.243 e. The second-order valence-electron chi connectivity index (χ2n) is 11.3. The van der Waals surface area contributed by atoms with Gasteiger partial charge in [0.2, 0.25) is 11.8 Å². The minimum atomic E-state index is -0.612. The van der Waals surface area contributed by atoms with Crippen molar-refractivity contribution >= 4 is 11.8 Å². The summed E-state index contributed by atoms with van der Waals surface area (Å²) in [5.74, 6) is 0.331. The van der Waals surface area contributed by atoms with Gasteiger partial charge in [0, 0.05) is 24.9 Å². The predicted octanol–water partition coefficient (Wildman–Crippen LogP) is 6.61. The number of carbonyl (C=O) groups is 2.